The first-order valence-corrected chi connectivity index (χ1v) is 10.3. The first-order valence-electron chi connectivity index (χ1n) is 9.51. The molecule has 0 saturated heterocycles. The molecule has 1 amide bonds. The number of carbonyl (C=O) groups is 2. The number of furan rings is 1. The summed E-state index contributed by atoms with van der Waals surface area (Å²) >= 11 is 12.0. The van der Waals surface area contributed by atoms with Crippen molar-refractivity contribution >= 4 is 40.8 Å². The van der Waals surface area contributed by atoms with Crippen molar-refractivity contribution in [3.05, 3.63) is 81.0 Å². The Labute approximate surface area is 188 Å². The standard InChI is InChI=1S/C22H17Cl2N3O4/c1-12-19-17(26-27-21(28)15-8-7-13(23)10-16(15)24)5-2-6-18(19)31-20(12)22(29)30-14-4-3-9-25-11-14/h3-4,7-11H,2,5-6H2,1H3,(H,27,28)/b26-17+. The number of amides is 1. The van der Waals surface area contributed by atoms with Crippen molar-refractivity contribution < 1.29 is 18.7 Å². The van der Waals surface area contributed by atoms with Gasteiger partial charge in [0.1, 0.15) is 11.5 Å². The number of aryl methyl sites for hydroxylation is 1. The molecule has 0 unspecified atom stereocenters. The molecule has 158 valence electrons. The zero-order valence-corrected chi connectivity index (χ0v) is 18.0. The van der Waals surface area contributed by atoms with Crippen LogP contribution >= 0.6 is 23.2 Å². The number of rotatable bonds is 4. The molecule has 0 saturated carbocycles. The van der Waals surface area contributed by atoms with E-state index in [0.29, 0.717) is 46.2 Å². The number of carbonyl (C=O) groups excluding carboxylic acids is 2. The van der Waals surface area contributed by atoms with Gasteiger partial charge in [-0.3, -0.25) is 9.78 Å². The molecule has 0 aliphatic heterocycles. The average molecular weight is 458 g/mol. The summed E-state index contributed by atoms with van der Waals surface area (Å²) in [6.45, 7) is 1.76. The number of hydrogen-bond donors (Lipinski definition) is 1. The summed E-state index contributed by atoms with van der Waals surface area (Å²) in [5.74, 6) is -0.00733. The predicted molar refractivity (Wildman–Crippen MR) is 116 cm³/mol. The van der Waals surface area contributed by atoms with Gasteiger partial charge in [0.25, 0.3) is 5.91 Å². The van der Waals surface area contributed by atoms with Gasteiger partial charge in [0.15, 0.2) is 0 Å². The second kappa shape index (κ2) is 8.91. The fourth-order valence-corrected chi connectivity index (χ4v) is 3.88. The van der Waals surface area contributed by atoms with Crippen molar-refractivity contribution in [2.75, 3.05) is 0 Å². The fourth-order valence-electron chi connectivity index (χ4n) is 3.39. The van der Waals surface area contributed by atoms with Crippen molar-refractivity contribution in [2.45, 2.75) is 26.2 Å². The first kappa shape index (κ1) is 21.1. The monoisotopic (exact) mass is 457 g/mol. The molecule has 2 aromatic heterocycles. The number of nitrogens with zero attached hydrogens (tertiary/aromatic N) is 2. The maximum Gasteiger partial charge on any atom is 0.379 e. The lowest BCUT2D eigenvalue weighted by Gasteiger charge is -2.13. The van der Waals surface area contributed by atoms with E-state index in [1.165, 1.54) is 18.3 Å². The number of ether oxygens (including phenoxy) is 1. The number of benzene rings is 1. The Bertz CT molecular complexity index is 1190. The Hall–Kier alpha value is -3.16. The molecule has 0 spiro atoms. The zero-order valence-electron chi connectivity index (χ0n) is 16.4. The van der Waals surface area contributed by atoms with Crippen LogP contribution in [0.4, 0.5) is 0 Å². The molecule has 31 heavy (non-hydrogen) atoms. The molecule has 4 rings (SSSR count). The van der Waals surface area contributed by atoms with E-state index >= 15 is 0 Å². The molecule has 1 N–H and O–H groups in total. The molecule has 9 heteroatoms. The molecule has 0 bridgehead atoms. The Morgan fingerprint density at radius 1 is 1.23 bits per heavy atom. The predicted octanol–water partition coefficient (Wildman–Crippen LogP) is 4.98. The third-order valence-corrected chi connectivity index (χ3v) is 5.37. The third kappa shape index (κ3) is 4.47. The van der Waals surface area contributed by atoms with Gasteiger partial charge in [0.05, 0.1) is 22.5 Å². The molecule has 3 aromatic rings. The summed E-state index contributed by atoms with van der Waals surface area (Å²) in [5.41, 5.74) is 4.74. The van der Waals surface area contributed by atoms with E-state index in [-0.39, 0.29) is 16.3 Å². The van der Waals surface area contributed by atoms with Gasteiger partial charge in [0.2, 0.25) is 5.76 Å². The minimum absolute atomic E-state index is 0.107. The summed E-state index contributed by atoms with van der Waals surface area (Å²) in [5, 5.41) is 4.95. The number of fused-ring (bicyclic) bond motifs is 1. The number of hydrazone groups is 1. The van der Waals surface area contributed by atoms with Crippen LogP contribution in [0.3, 0.4) is 0 Å². The summed E-state index contributed by atoms with van der Waals surface area (Å²) in [6.07, 6.45) is 5.09. The minimum Gasteiger partial charge on any atom is -0.453 e. The quantitative estimate of drug-likeness (QED) is 0.440. The van der Waals surface area contributed by atoms with E-state index in [1.54, 1.807) is 31.3 Å². The molecule has 0 atom stereocenters. The van der Waals surface area contributed by atoms with Crippen LogP contribution in [0.25, 0.3) is 0 Å². The zero-order chi connectivity index (χ0) is 22.0. The Morgan fingerprint density at radius 2 is 2.06 bits per heavy atom. The van der Waals surface area contributed by atoms with Gasteiger partial charge in [-0.1, -0.05) is 23.2 Å². The highest BCUT2D eigenvalue weighted by molar-refractivity contribution is 6.36. The van der Waals surface area contributed by atoms with Gasteiger partial charge in [0, 0.05) is 28.8 Å². The van der Waals surface area contributed by atoms with E-state index in [0.717, 1.165) is 6.42 Å². The highest BCUT2D eigenvalue weighted by Crippen LogP contribution is 2.30. The molecule has 0 fully saturated rings. The molecule has 1 aliphatic rings. The summed E-state index contributed by atoms with van der Waals surface area (Å²) in [4.78, 5) is 29.0. The van der Waals surface area contributed by atoms with Crippen LogP contribution in [0.2, 0.25) is 10.0 Å². The van der Waals surface area contributed by atoms with E-state index in [2.05, 4.69) is 15.5 Å². The van der Waals surface area contributed by atoms with Crippen LogP contribution in [0, 0.1) is 6.92 Å². The van der Waals surface area contributed by atoms with E-state index in [9.17, 15) is 9.59 Å². The van der Waals surface area contributed by atoms with Crippen molar-refractivity contribution in [3.63, 3.8) is 0 Å². The molecular weight excluding hydrogens is 441 g/mol. The van der Waals surface area contributed by atoms with E-state index < -0.39 is 11.9 Å². The molecular formula is C22H17Cl2N3O4. The Kier molecular flexibility index (Phi) is 6.06. The lowest BCUT2D eigenvalue weighted by molar-refractivity contribution is 0.0697. The number of pyridine rings is 1. The smallest absolute Gasteiger partial charge is 0.379 e. The second-order valence-corrected chi connectivity index (χ2v) is 7.75. The summed E-state index contributed by atoms with van der Waals surface area (Å²) in [6, 6.07) is 7.90. The maximum atomic E-state index is 12.6. The summed E-state index contributed by atoms with van der Waals surface area (Å²) < 4.78 is 11.1. The van der Waals surface area contributed by atoms with Crippen LogP contribution < -0.4 is 10.2 Å². The van der Waals surface area contributed by atoms with Gasteiger partial charge in [-0.05, 0) is 50.1 Å². The van der Waals surface area contributed by atoms with Gasteiger partial charge < -0.3 is 9.15 Å². The number of esters is 1. The van der Waals surface area contributed by atoms with Crippen molar-refractivity contribution in [1.82, 2.24) is 10.4 Å². The average Bonchev–Trinajstić information content (AvgIpc) is 3.10. The van der Waals surface area contributed by atoms with Gasteiger partial charge in [-0.2, -0.15) is 5.10 Å². The normalized spacial score (nSPS) is 14.2. The molecule has 1 aromatic carbocycles. The number of aromatic nitrogens is 1. The van der Waals surface area contributed by atoms with Gasteiger partial charge >= 0.3 is 5.97 Å². The minimum atomic E-state index is -0.615. The van der Waals surface area contributed by atoms with E-state index in [4.69, 9.17) is 32.4 Å². The van der Waals surface area contributed by atoms with Crippen LogP contribution in [0.1, 0.15) is 50.6 Å². The van der Waals surface area contributed by atoms with Crippen LogP contribution in [-0.4, -0.2) is 22.6 Å². The molecule has 2 heterocycles. The van der Waals surface area contributed by atoms with Crippen molar-refractivity contribution in [1.29, 1.82) is 0 Å². The maximum absolute atomic E-state index is 12.6. The van der Waals surface area contributed by atoms with Crippen molar-refractivity contribution in [2.24, 2.45) is 5.10 Å². The van der Waals surface area contributed by atoms with Gasteiger partial charge in [-0.25, -0.2) is 10.2 Å². The highest BCUT2D eigenvalue weighted by atomic mass is 35.5. The SMILES string of the molecule is Cc1c(C(=O)Oc2cccnc2)oc2c1/C(=N/NC(=O)c1ccc(Cl)cc1Cl)CCC2. The van der Waals surface area contributed by atoms with Crippen molar-refractivity contribution in [3.8, 4) is 5.75 Å². The lowest BCUT2D eigenvalue weighted by atomic mass is 9.93. The topological polar surface area (TPSA) is 93.8 Å². The third-order valence-electron chi connectivity index (χ3n) is 4.82. The van der Waals surface area contributed by atoms with Gasteiger partial charge in [-0.15, -0.1) is 0 Å². The number of hydrogen-bond acceptors (Lipinski definition) is 6. The first-order chi connectivity index (χ1) is 14.9. The van der Waals surface area contributed by atoms with Crippen LogP contribution in [0.15, 0.2) is 52.2 Å². The van der Waals surface area contributed by atoms with E-state index in [1.807, 2.05) is 0 Å². The molecule has 7 nitrogen and oxygen atoms in total. The highest BCUT2D eigenvalue weighted by Gasteiger charge is 2.29. The Morgan fingerprint density at radius 3 is 2.81 bits per heavy atom. The Balaban J connectivity index is 1.57. The fraction of sp³-hybridized carbons (Fsp3) is 0.182. The molecule has 1 aliphatic carbocycles. The number of nitrogens with one attached hydrogen (secondary N) is 1. The lowest BCUT2D eigenvalue weighted by Crippen LogP contribution is -2.22. The number of halogens is 2. The second-order valence-electron chi connectivity index (χ2n) is 6.91. The summed E-state index contributed by atoms with van der Waals surface area (Å²) in [7, 11) is 0. The largest absolute Gasteiger partial charge is 0.453 e. The van der Waals surface area contributed by atoms with Crippen LogP contribution in [0.5, 0.6) is 5.75 Å². The van der Waals surface area contributed by atoms with Crippen LogP contribution in [-0.2, 0) is 6.42 Å². The molecule has 0 radical (unpaired) electrons.